The summed E-state index contributed by atoms with van der Waals surface area (Å²) < 4.78 is 5.52. The SMILES string of the molecule is CC1(C)C(NC(=O)CCOc2cccc(N)c2)C1(C)C. The second kappa shape index (κ2) is 5.00. The molecule has 3 N–H and O–H groups in total. The summed E-state index contributed by atoms with van der Waals surface area (Å²) in [6, 6.07) is 7.47. The molecule has 1 fully saturated rings. The van der Waals surface area contributed by atoms with Crippen molar-refractivity contribution in [1.29, 1.82) is 0 Å². The van der Waals surface area contributed by atoms with E-state index in [-0.39, 0.29) is 22.8 Å². The Labute approximate surface area is 120 Å². The quantitative estimate of drug-likeness (QED) is 0.812. The number of hydrogen-bond donors (Lipinski definition) is 2. The maximum Gasteiger partial charge on any atom is 0.223 e. The Bertz CT molecular complexity index is 495. The summed E-state index contributed by atoms with van der Waals surface area (Å²) in [6.45, 7) is 9.09. The monoisotopic (exact) mass is 276 g/mol. The number of nitrogens with one attached hydrogen (secondary N) is 1. The van der Waals surface area contributed by atoms with E-state index in [2.05, 4.69) is 33.0 Å². The third kappa shape index (κ3) is 2.74. The first-order valence-electron chi connectivity index (χ1n) is 7.03. The lowest BCUT2D eigenvalue weighted by atomic mass is 10.0. The van der Waals surface area contributed by atoms with E-state index in [9.17, 15) is 4.79 Å². The fourth-order valence-corrected chi connectivity index (χ4v) is 2.66. The van der Waals surface area contributed by atoms with Crippen LogP contribution in [0.3, 0.4) is 0 Å². The van der Waals surface area contributed by atoms with Gasteiger partial charge in [0.05, 0.1) is 13.0 Å². The normalized spacial score (nSPS) is 19.4. The van der Waals surface area contributed by atoms with Crippen LogP contribution in [0.5, 0.6) is 5.75 Å². The number of nitrogen functional groups attached to an aromatic ring is 1. The van der Waals surface area contributed by atoms with Crippen LogP contribution in [-0.2, 0) is 4.79 Å². The van der Waals surface area contributed by atoms with Crippen molar-refractivity contribution in [2.24, 2.45) is 10.8 Å². The molecule has 0 aromatic heterocycles. The largest absolute Gasteiger partial charge is 0.493 e. The highest BCUT2D eigenvalue weighted by molar-refractivity contribution is 5.77. The van der Waals surface area contributed by atoms with Crippen molar-refractivity contribution in [1.82, 2.24) is 5.32 Å². The van der Waals surface area contributed by atoms with Gasteiger partial charge in [-0.05, 0) is 23.0 Å². The van der Waals surface area contributed by atoms with Crippen molar-refractivity contribution in [2.75, 3.05) is 12.3 Å². The summed E-state index contributed by atoms with van der Waals surface area (Å²) in [5.74, 6) is 0.738. The first kappa shape index (κ1) is 14.7. The third-order valence-electron chi connectivity index (χ3n) is 4.78. The van der Waals surface area contributed by atoms with Gasteiger partial charge >= 0.3 is 0 Å². The van der Waals surface area contributed by atoms with Gasteiger partial charge in [-0.3, -0.25) is 4.79 Å². The van der Waals surface area contributed by atoms with E-state index in [1.54, 1.807) is 12.1 Å². The van der Waals surface area contributed by atoms with E-state index in [0.29, 0.717) is 24.5 Å². The van der Waals surface area contributed by atoms with Gasteiger partial charge in [0.15, 0.2) is 0 Å². The highest BCUT2D eigenvalue weighted by Crippen LogP contribution is 2.62. The minimum Gasteiger partial charge on any atom is -0.493 e. The van der Waals surface area contributed by atoms with Crippen molar-refractivity contribution in [3.8, 4) is 5.75 Å². The molecule has 0 heterocycles. The number of hydrogen-bond acceptors (Lipinski definition) is 3. The van der Waals surface area contributed by atoms with E-state index >= 15 is 0 Å². The summed E-state index contributed by atoms with van der Waals surface area (Å²) in [6.07, 6.45) is 0.359. The number of benzene rings is 1. The molecule has 1 aliphatic carbocycles. The highest BCUT2D eigenvalue weighted by atomic mass is 16.5. The standard InChI is InChI=1S/C16H24N2O2/c1-15(2)14(16(15,3)4)18-13(19)8-9-20-12-7-5-6-11(17)10-12/h5-7,10,14H,8-9,17H2,1-4H3,(H,18,19). The zero-order valence-corrected chi connectivity index (χ0v) is 12.7. The molecule has 20 heavy (non-hydrogen) atoms. The molecule has 1 aromatic carbocycles. The van der Waals surface area contributed by atoms with Crippen molar-refractivity contribution in [2.45, 2.75) is 40.2 Å². The Morgan fingerprint density at radius 2 is 1.95 bits per heavy atom. The Morgan fingerprint density at radius 1 is 1.30 bits per heavy atom. The van der Waals surface area contributed by atoms with Gasteiger partial charge in [-0.15, -0.1) is 0 Å². The second-order valence-electron chi connectivity index (χ2n) is 6.61. The topological polar surface area (TPSA) is 64.3 Å². The molecule has 1 aromatic rings. The summed E-state index contributed by atoms with van der Waals surface area (Å²) in [5, 5.41) is 3.09. The van der Waals surface area contributed by atoms with Gasteiger partial charge in [-0.25, -0.2) is 0 Å². The molecule has 4 heteroatoms. The Hall–Kier alpha value is -1.71. The number of carbonyl (C=O) groups excluding carboxylic acids is 1. The number of nitrogens with two attached hydrogens (primary N) is 1. The molecule has 0 aliphatic heterocycles. The molecule has 110 valence electrons. The van der Waals surface area contributed by atoms with Crippen LogP contribution in [0.1, 0.15) is 34.1 Å². The van der Waals surface area contributed by atoms with Crippen LogP contribution in [0, 0.1) is 10.8 Å². The predicted octanol–water partition coefficient (Wildman–Crippen LogP) is 2.59. The van der Waals surface area contributed by atoms with E-state index in [0.717, 1.165) is 0 Å². The summed E-state index contributed by atoms with van der Waals surface area (Å²) in [7, 11) is 0. The molecule has 2 rings (SSSR count). The lowest BCUT2D eigenvalue weighted by Gasteiger charge is -2.09. The van der Waals surface area contributed by atoms with Crippen LogP contribution in [0.4, 0.5) is 5.69 Å². The van der Waals surface area contributed by atoms with Crippen molar-refractivity contribution in [3.05, 3.63) is 24.3 Å². The molecule has 4 nitrogen and oxygen atoms in total. The van der Waals surface area contributed by atoms with E-state index < -0.39 is 0 Å². The molecule has 0 saturated heterocycles. The van der Waals surface area contributed by atoms with Gasteiger partial charge in [0, 0.05) is 17.8 Å². The van der Waals surface area contributed by atoms with Crippen molar-refractivity contribution in [3.63, 3.8) is 0 Å². The first-order valence-corrected chi connectivity index (χ1v) is 7.03. The summed E-state index contributed by atoms with van der Waals surface area (Å²) >= 11 is 0. The van der Waals surface area contributed by atoms with Crippen LogP contribution >= 0.6 is 0 Å². The smallest absolute Gasteiger partial charge is 0.223 e. The van der Waals surface area contributed by atoms with Crippen LogP contribution in [0.2, 0.25) is 0 Å². The van der Waals surface area contributed by atoms with Crippen LogP contribution in [-0.4, -0.2) is 18.6 Å². The summed E-state index contributed by atoms with van der Waals surface area (Å²) in [4.78, 5) is 11.9. The van der Waals surface area contributed by atoms with Crippen molar-refractivity contribution >= 4 is 11.6 Å². The number of amides is 1. The van der Waals surface area contributed by atoms with Gasteiger partial charge in [0.1, 0.15) is 5.75 Å². The number of rotatable bonds is 5. The van der Waals surface area contributed by atoms with Crippen molar-refractivity contribution < 1.29 is 9.53 Å². The molecule has 1 saturated carbocycles. The fourth-order valence-electron chi connectivity index (χ4n) is 2.66. The van der Waals surface area contributed by atoms with Crippen LogP contribution in [0.15, 0.2) is 24.3 Å². The fraction of sp³-hybridized carbons (Fsp3) is 0.562. The predicted molar refractivity (Wildman–Crippen MR) is 80.5 cm³/mol. The van der Waals surface area contributed by atoms with E-state index in [1.165, 1.54) is 0 Å². The number of anilines is 1. The van der Waals surface area contributed by atoms with Crippen LogP contribution < -0.4 is 15.8 Å². The van der Waals surface area contributed by atoms with E-state index in [1.807, 2.05) is 12.1 Å². The molecule has 0 spiro atoms. The molecule has 0 bridgehead atoms. The van der Waals surface area contributed by atoms with Gasteiger partial charge < -0.3 is 15.8 Å². The highest BCUT2D eigenvalue weighted by Gasteiger charge is 2.65. The van der Waals surface area contributed by atoms with Gasteiger partial charge in [-0.1, -0.05) is 33.8 Å². The number of ether oxygens (including phenoxy) is 1. The Balaban J connectivity index is 1.74. The molecular weight excluding hydrogens is 252 g/mol. The number of carbonyl (C=O) groups is 1. The molecule has 0 unspecified atom stereocenters. The van der Waals surface area contributed by atoms with E-state index in [4.69, 9.17) is 10.5 Å². The maximum atomic E-state index is 11.9. The first-order chi connectivity index (χ1) is 9.25. The molecule has 0 atom stereocenters. The molecule has 0 radical (unpaired) electrons. The zero-order valence-electron chi connectivity index (χ0n) is 12.7. The zero-order chi connectivity index (χ0) is 15.0. The third-order valence-corrected chi connectivity index (χ3v) is 4.78. The maximum absolute atomic E-state index is 11.9. The lowest BCUT2D eigenvalue weighted by molar-refractivity contribution is -0.122. The minimum atomic E-state index is 0.0394. The molecule has 1 aliphatic rings. The molecule has 1 amide bonds. The summed E-state index contributed by atoms with van der Waals surface area (Å²) in [5.41, 5.74) is 6.65. The van der Waals surface area contributed by atoms with Crippen LogP contribution in [0.25, 0.3) is 0 Å². The second-order valence-corrected chi connectivity index (χ2v) is 6.61. The molecular formula is C16H24N2O2. The van der Waals surface area contributed by atoms with Gasteiger partial charge in [0.25, 0.3) is 0 Å². The average molecular weight is 276 g/mol. The van der Waals surface area contributed by atoms with Gasteiger partial charge in [0.2, 0.25) is 5.91 Å². The Kier molecular flexibility index (Phi) is 3.67. The average Bonchev–Trinajstić information content (AvgIpc) is 2.72. The minimum absolute atomic E-state index is 0.0394. The van der Waals surface area contributed by atoms with Gasteiger partial charge in [-0.2, -0.15) is 0 Å². The Morgan fingerprint density at radius 3 is 2.50 bits per heavy atom. The lowest BCUT2D eigenvalue weighted by Crippen LogP contribution is -2.30.